The van der Waals surface area contributed by atoms with Gasteiger partial charge in [-0.15, -0.1) is 0 Å². The van der Waals surface area contributed by atoms with Crippen LogP contribution >= 0.6 is 0 Å². The Morgan fingerprint density at radius 3 is 2.07 bits per heavy atom. The molecule has 0 bridgehead atoms. The van der Waals surface area contributed by atoms with Gasteiger partial charge in [-0.05, 0) is 88.1 Å². The predicted octanol–water partition coefficient (Wildman–Crippen LogP) is 5.18. The Labute approximate surface area is 258 Å². The third kappa shape index (κ3) is 6.48. The first-order chi connectivity index (χ1) is 20.0. The molecule has 0 spiro atoms. The summed E-state index contributed by atoms with van der Waals surface area (Å²) in [4.78, 5) is 51.9. The molecule has 9 heteroatoms. The molecule has 3 saturated carbocycles. The molecule has 13 atom stereocenters. The maximum atomic E-state index is 13.4. The molecule has 3 aliphatic carbocycles. The smallest absolute Gasteiger partial charge is 0.306 e. The van der Waals surface area contributed by atoms with Crippen molar-refractivity contribution in [3.8, 4) is 0 Å². The van der Waals surface area contributed by atoms with Crippen molar-refractivity contribution in [2.45, 2.75) is 131 Å². The number of nitrogens with zero attached hydrogens (tertiary/aromatic N) is 1. The lowest BCUT2D eigenvalue weighted by molar-refractivity contribution is -0.198. The van der Waals surface area contributed by atoms with E-state index < -0.39 is 35.7 Å². The SMILES string of the molecule is CC(=O)O[C@H]1CC2OC(=O)C[C@H]3[C@@H]4CC[C@H](C(C)[C@@H](OC(C)=O)[C@H](C)[C@@H](C)N(C)C)[C@@]4(C)CC[C@@H]3[C@@]2(C)C[C@H]1OC(C)=O. The highest BCUT2D eigenvalue weighted by Crippen LogP contribution is 2.66. The first-order valence-corrected chi connectivity index (χ1v) is 16.4. The monoisotopic (exact) mass is 605 g/mol. The summed E-state index contributed by atoms with van der Waals surface area (Å²) in [5.41, 5.74) is -0.407. The van der Waals surface area contributed by atoms with E-state index in [9.17, 15) is 19.2 Å². The van der Waals surface area contributed by atoms with Crippen LogP contribution in [0.1, 0.15) is 100 Å². The Morgan fingerprint density at radius 1 is 0.884 bits per heavy atom. The van der Waals surface area contributed by atoms with E-state index in [1.54, 1.807) is 0 Å². The number of hydrogen-bond donors (Lipinski definition) is 0. The molecule has 4 fully saturated rings. The molecule has 0 aromatic carbocycles. The van der Waals surface area contributed by atoms with Crippen molar-refractivity contribution in [3.05, 3.63) is 0 Å². The number of carbonyl (C=O) groups excluding carboxylic acids is 4. The summed E-state index contributed by atoms with van der Waals surface area (Å²) >= 11 is 0. The Balaban J connectivity index is 1.63. The number of fused-ring (bicyclic) bond motifs is 5. The summed E-state index contributed by atoms with van der Waals surface area (Å²) in [5.74, 6) is 0.0952. The Bertz CT molecular complexity index is 1080. The van der Waals surface area contributed by atoms with Crippen LogP contribution in [-0.4, -0.2) is 73.3 Å². The second-order valence-electron chi connectivity index (χ2n) is 15.0. The lowest BCUT2D eigenvalue weighted by Gasteiger charge is -2.56. The van der Waals surface area contributed by atoms with E-state index in [4.69, 9.17) is 18.9 Å². The molecule has 0 radical (unpaired) electrons. The van der Waals surface area contributed by atoms with Gasteiger partial charge >= 0.3 is 23.9 Å². The zero-order valence-corrected chi connectivity index (χ0v) is 28.0. The van der Waals surface area contributed by atoms with Gasteiger partial charge in [-0.2, -0.15) is 0 Å². The molecule has 0 aromatic rings. The van der Waals surface area contributed by atoms with Crippen LogP contribution in [0.3, 0.4) is 0 Å². The van der Waals surface area contributed by atoms with Crippen LogP contribution < -0.4 is 0 Å². The molecular formula is C34H55NO8. The standard InChI is InChI=1S/C34H55NO8/c1-18(20(3)35(9)10)32(42-23(6)38)19(2)25-11-12-26-24-15-31(39)43-30-16-28(40-21(4)36)29(41-22(5)37)17-34(30,8)27(24)13-14-33(25,26)7/h18-20,24-30,32H,11-17H2,1-10H3/t18-,19?,20-,24+,25-,26+,27+,28+,29-,30?,32+,33-,34-/m1/s1. The van der Waals surface area contributed by atoms with Gasteiger partial charge in [0.1, 0.15) is 24.4 Å². The lowest BCUT2D eigenvalue weighted by Crippen LogP contribution is -2.57. The quantitative estimate of drug-likeness (QED) is 0.273. The van der Waals surface area contributed by atoms with Gasteiger partial charge in [0.05, 0.1) is 0 Å². The maximum absolute atomic E-state index is 13.4. The van der Waals surface area contributed by atoms with E-state index in [-0.39, 0.29) is 53.2 Å². The summed E-state index contributed by atoms with van der Waals surface area (Å²) in [6.07, 6.45) is 3.38. The molecule has 0 amide bonds. The van der Waals surface area contributed by atoms with Crippen LogP contribution in [0.2, 0.25) is 0 Å². The van der Waals surface area contributed by atoms with E-state index >= 15 is 0 Å². The van der Waals surface area contributed by atoms with E-state index in [0.29, 0.717) is 31.1 Å². The van der Waals surface area contributed by atoms with E-state index in [1.807, 2.05) is 0 Å². The minimum atomic E-state index is -0.640. The summed E-state index contributed by atoms with van der Waals surface area (Å²) < 4.78 is 23.6. The van der Waals surface area contributed by atoms with Crippen LogP contribution in [0.5, 0.6) is 0 Å². The van der Waals surface area contributed by atoms with Crippen molar-refractivity contribution >= 4 is 23.9 Å². The Kier molecular flexibility index (Phi) is 9.95. The zero-order chi connectivity index (χ0) is 32.0. The number of ether oxygens (including phenoxy) is 4. The fraction of sp³-hybridized carbons (Fsp3) is 0.882. The highest BCUT2D eigenvalue weighted by Gasteiger charge is 2.63. The van der Waals surface area contributed by atoms with E-state index in [1.165, 1.54) is 20.8 Å². The summed E-state index contributed by atoms with van der Waals surface area (Å²) in [6.45, 7) is 15.5. The van der Waals surface area contributed by atoms with Gasteiger partial charge in [0, 0.05) is 51.0 Å². The first kappa shape index (κ1) is 33.7. The molecule has 244 valence electrons. The van der Waals surface area contributed by atoms with Gasteiger partial charge in [0.2, 0.25) is 0 Å². The van der Waals surface area contributed by atoms with Gasteiger partial charge < -0.3 is 23.8 Å². The molecule has 0 aromatic heterocycles. The number of rotatable bonds is 8. The topological polar surface area (TPSA) is 108 Å². The number of carbonyl (C=O) groups is 4. The first-order valence-electron chi connectivity index (χ1n) is 16.4. The largest absolute Gasteiger partial charge is 0.462 e. The molecule has 43 heavy (non-hydrogen) atoms. The highest BCUT2D eigenvalue weighted by molar-refractivity contribution is 5.71. The van der Waals surface area contributed by atoms with Crippen LogP contribution in [0.25, 0.3) is 0 Å². The second kappa shape index (κ2) is 12.7. The zero-order valence-electron chi connectivity index (χ0n) is 28.0. The van der Waals surface area contributed by atoms with E-state index in [0.717, 1.165) is 25.7 Å². The predicted molar refractivity (Wildman–Crippen MR) is 161 cm³/mol. The summed E-state index contributed by atoms with van der Waals surface area (Å²) in [6, 6.07) is 0.244. The van der Waals surface area contributed by atoms with Crippen molar-refractivity contribution in [2.75, 3.05) is 14.1 Å². The minimum absolute atomic E-state index is 0.000756. The van der Waals surface area contributed by atoms with Gasteiger partial charge in [-0.25, -0.2) is 0 Å². The Morgan fingerprint density at radius 2 is 1.49 bits per heavy atom. The molecule has 2 unspecified atom stereocenters. The van der Waals surface area contributed by atoms with Crippen molar-refractivity contribution in [1.82, 2.24) is 4.90 Å². The van der Waals surface area contributed by atoms with Gasteiger partial charge in [0.25, 0.3) is 0 Å². The molecule has 4 aliphatic rings. The van der Waals surface area contributed by atoms with Crippen molar-refractivity contribution in [1.29, 1.82) is 0 Å². The van der Waals surface area contributed by atoms with E-state index in [2.05, 4.69) is 53.6 Å². The van der Waals surface area contributed by atoms with Gasteiger partial charge in [-0.1, -0.05) is 27.7 Å². The lowest BCUT2D eigenvalue weighted by atomic mass is 9.49. The average Bonchev–Trinajstić information content (AvgIpc) is 3.20. The highest BCUT2D eigenvalue weighted by atomic mass is 16.6. The summed E-state index contributed by atoms with van der Waals surface area (Å²) in [7, 11) is 4.13. The third-order valence-corrected chi connectivity index (χ3v) is 12.5. The fourth-order valence-corrected chi connectivity index (χ4v) is 10.1. The van der Waals surface area contributed by atoms with Gasteiger partial charge in [-0.3, -0.25) is 19.2 Å². The number of esters is 4. The van der Waals surface area contributed by atoms with Crippen LogP contribution in [0, 0.1) is 46.3 Å². The fourth-order valence-electron chi connectivity index (χ4n) is 10.1. The van der Waals surface area contributed by atoms with Crippen molar-refractivity contribution in [3.63, 3.8) is 0 Å². The molecule has 0 N–H and O–H groups in total. The average molecular weight is 606 g/mol. The molecule has 9 nitrogen and oxygen atoms in total. The molecule has 1 saturated heterocycles. The van der Waals surface area contributed by atoms with Crippen molar-refractivity contribution in [2.24, 2.45) is 46.3 Å². The van der Waals surface area contributed by atoms with Crippen LogP contribution in [0.4, 0.5) is 0 Å². The third-order valence-electron chi connectivity index (χ3n) is 12.5. The van der Waals surface area contributed by atoms with Gasteiger partial charge in [0.15, 0.2) is 0 Å². The van der Waals surface area contributed by atoms with Crippen LogP contribution in [-0.2, 0) is 38.1 Å². The van der Waals surface area contributed by atoms with Crippen LogP contribution in [0.15, 0.2) is 0 Å². The molecule has 4 rings (SSSR count). The van der Waals surface area contributed by atoms with Crippen molar-refractivity contribution < 1.29 is 38.1 Å². The molecular weight excluding hydrogens is 550 g/mol. The second-order valence-corrected chi connectivity index (χ2v) is 15.0. The normalized spacial score (nSPS) is 40.0. The minimum Gasteiger partial charge on any atom is -0.462 e. The summed E-state index contributed by atoms with van der Waals surface area (Å²) in [5, 5.41) is 0. The Hall–Kier alpha value is -2.16. The molecule has 1 aliphatic heterocycles. The molecule has 1 heterocycles. The number of hydrogen-bond acceptors (Lipinski definition) is 9. The maximum Gasteiger partial charge on any atom is 0.306 e.